The van der Waals surface area contributed by atoms with Gasteiger partial charge in [0, 0.05) is 44.1 Å². The van der Waals surface area contributed by atoms with E-state index in [2.05, 4.69) is 5.32 Å². The molecular formula is C20H22ClF3N4O3. The lowest BCUT2D eigenvalue weighted by Gasteiger charge is -2.27. The fourth-order valence-electron chi connectivity index (χ4n) is 2.75. The first-order valence-corrected chi connectivity index (χ1v) is 9.58. The van der Waals surface area contributed by atoms with Crippen molar-refractivity contribution in [2.45, 2.75) is 13.1 Å². The molecular weight excluding hydrogens is 437 g/mol. The second-order valence-corrected chi connectivity index (χ2v) is 7.10. The molecule has 0 radical (unpaired) electrons. The number of hydrogen-bond acceptors (Lipinski definition) is 5. The van der Waals surface area contributed by atoms with Crippen LogP contribution in [0.4, 0.5) is 30.2 Å². The van der Waals surface area contributed by atoms with Gasteiger partial charge in [-0.3, -0.25) is 9.59 Å². The van der Waals surface area contributed by atoms with Crippen LogP contribution in [0.2, 0.25) is 5.02 Å². The molecule has 0 saturated carbocycles. The van der Waals surface area contributed by atoms with E-state index in [1.807, 2.05) is 0 Å². The third-order valence-electron chi connectivity index (χ3n) is 4.54. The number of nitrogens with two attached hydrogens (primary N) is 1. The van der Waals surface area contributed by atoms with Gasteiger partial charge in [0.1, 0.15) is 5.75 Å². The Morgan fingerprint density at radius 3 is 2.42 bits per heavy atom. The number of nitrogens with one attached hydrogen (secondary N) is 1. The third kappa shape index (κ3) is 6.17. The zero-order valence-corrected chi connectivity index (χ0v) is 17.6. The third-order valence-corrected chi connectivity index (χ3v) is 4.87. The van der Waals surface area contributed by atoms with E-state index in [0.717, 1.165) is 11.0 Å². The minimum Gasteiger partial charge on any atom is -0.506 e. The first-order chi connectivity index (χ1) is 14.4. The maximum absolute atomic E-state index is 13.1. The van der Waals surface area contributed by atoms with E-state index >= 15 is 0 Å². The largest absolute Gasteiger partial charge is 0.506 e. The molecule has 0 heterocycles. The summed E-state index contributed by atoms with van der Waals surface area (Å²) in [6.45, 7) is 2.40. The minimum atomic E-state index is -4.59. The second kappa shape index (κ2) is 9.78. The molecule has 0 spiro atoms. The molecule has 0 fully saturated rings. The summed E-state index contributed by atoms with van der Waals surface area (Å²) in [6, 6.07) is 7.60. The highest BCUT2D eigenvalue weighted by molar-refractivity contribution is 6.39. The molecule has 0 aliphatic carbocycles. The lowest BCUT2D eigenvalue weighted by Crippen LogP contribution is -2.41. The van der Waals surface area contributed by atoms with Crippen LogP contribution >= 0.6 is 11.6 Å². The van der Waals surface area contributed by atoms with Crippen molar-refractivity contribution in [3.63, 3.8) is 0 Å². The Morgan fingerprint density at radius 2 is 1.84 bits per heavy atom. The Balaban J connectivity index is 2.02. The minimum absolute atomic E-state index is 0.0804. The molecule has 0 aromatic heterocycles. The van der Waals surface area contributed by atoms with Crippen LogP contribution in [0.3, 0.4) is 0 Å². The summed E-state index contributed by atoms with van der Waals surface area (Å²) in [7, 11) is 1.40. The molecule has 0 aliphatic heterocycles. The number of alkyl halides is 3. The number of rotatable bonds is 6. The van der Waals surface area contributed by atoms with Gasteiger partial charge in [-0.1, -0.05) is 11.6 Å². The van der Waals surface area contributed by atoms with Crippen molar-refractivity contribution in [2.24, 2.45) is 0 Å². The lowest BCUT2D eigenvalue weighted by atomic mass is 10.1. The van der Waals surface area contributed by atoms with Crippen LogP contribution in [0, 0.1) is 0 Å². The zero-order valence-electron chi connectivity index (χ0n) is 16.8. The molecule has 0 aliphatic rings. The lowest BCUT2D eigenvalue weighted by molar-refractivity contribution is -0.142. The van der Waals surface area contributed by atoms with Gasteiger partial charge < -0.3 is 26.0 Å². The number of phenolic OH excluding ortho intramolecular Hbond substituents is 1. The van der Waals surface area contributed by atoms with Crippen LogP contribution in [0.1, 0.15) is 12.5 Å². The van der Waals surface area contributed by atoms with Gasteiger partial charge in [-0.2, -0.15) is 13.2 Å². The fraction of sp³-hybridized carbons (Fsp3) is 0.300. The fourth-order valence-corrected chi connectivity index (χ4v) is 2.97. The van der Waals surface area contributed by atoms with Crippen molar-refractivity contribution in [1.29, 1.82) is 0 Å². The summed E-state index contributed by atoms with van der Waals surface area (Å²) in [4.78, 5) is 27.2. The number of likely N-dealkylation sites (N-methyl/N-ethyl adjacent to an activating group) is 2. The van der Waals surface area contributed by atoms with Gasteiger partial charge >= 0.3 is 18.0 Å². The number of phenols is 1. The van der Waals surface area contributed by atoms with Gasteiger partial charge in [0.15, 0.2) is 0 Å². The van der Waals surface area contributed by atoms with Gasteiger partial charge in [0.25, 0.3) is 0 Å². The number of halogens is 4. The van der Waals surface area contributed by atoms with Crippen molar-refractivity contribution >= 4 is 40.5 Å². The van der Waals surface area contributed by atoms with Gasteiger partial charge in [-0.05, 0) is 37.3 Å². The first kappa shape index (κ1) is 24.1. The van der Waals surface area contributed by atoms with Crippen molar-refractivity contribution in [3.8, 4) is 5.75 Å². The number of hydrogen-bond donors (Lipinski definition) is 3. The maximum atomic E-state index is 13.1. The van der Waals surface area contributed by atoms with E-state index in [4.69, 9.17) is 17.3 Å². The number of anilines is 3. The summed E-state index contributed by atoms with van der Waals surface area (Å²) in [5, 5.41) is 11.5. The van der Waals surface area contributed by atoms with Crippen LogP contribution in [0.15, 0.2) is 36.4 Å². The number of nitrogens with zero attached hydrogens (tertiary/aromatic N) is 2. The number of aromatic hydroxyl groups is 1. The predicted octanol–water partition coefficient (Wildman–Crippen LogP) is 3.57. The molecule has 168 valence electrons. The molecule has 0 saturated heterocycles. The summed E-state index contributed by atoms with van der Waals surface area (Å²) in [6.07, 6.45) is -4.59. The molecule has 2 aromatic carbocycles. The monoisotopic (exact) mass is 458 g/mol. The molecule has 31 heavy (non-hydrogen) atoms. The molecule has 2 amide bonds. The standard InChI is InChI=1S/C20H22ClF3N4O3/c1-3-28(13-5-6-15(21)14(11-13)20(22,23)24)9-8-27(2)19(31)18(30)26-12-4-7-16(25)17(29)10-12/h4-7,10-11,29H,3,8-9,25H2,1-2H3,(H,26,30). The average Bonchev–Trinajstić information content (AvgIpc) is 2.70. The Morgan fingerprint density at radius 1 is 1.16 bits per heavy atom. The predicted molar refractivity (Wildman–Crippen MR) is 113 cm³/mol. The van der Waals surface area contributed by atoms with Crippen molar-refractivity contribution < 1.29 is 27.9 Å². The highest BCUT2D eigenvalue weighted by Crippen LogP contribution is 2.36. The van der Waals surface area contributed by atoms with Gasteiger partial charge in [-0.15, -0.1) is 0 Å². The van der Waals surface area contributed by atoms with Gasteiger partial charge in [0.05, 0.1) is 16.3 Å². The molecule has 0 atom stereocenters. The number of carbonyl (C=O) groups is 2. The van der Waals surface area contributed by atoms with Gasteiger partial charge in [-0.25, -0.2) is 0 Å². The normalized spacial score (nSPS) is 11.2. The Labute approximate surface area is 182 Å². The molecule has 0 bridgehead atoms. The van der Waals surface area contributed by atoms with E-state index in [1.165, 1.54) is 37.4 Å². The van der Waals surface area contributed by atoms with Crippen molar-refractivity contribution in [2.75, 3.05) is 42.6 Å². The van der Waals surface area contributed by atoms with Crippen molar-refractivity contribution in [1.82, 2.24) is 4.90 Å². The van der Waals surface area contributed by atoms with E-state index in [1.54, 1.807) is 11.8 Å². The summed E-state index contributed by atoms with van der Waals surface area (Å²) >= 11 is 5.66. The Bertz CT molecular complexity index is 969. The summed E-state index contributed by atoms with van der Waals surface area (Å²) < 4.78 is 39.3. The molecule has 2 rings (SSSR count). The van der Waals surface area contributed by atoms with E-state index in [0.29, 0.717) is 12.2 Å². The first-order valence-electron chi connectivity index (χ1n) is 9.20. The van der Waals surface area contributed by atoms with Crippen LogP contribution in [0.5, 0.6) is 5.75 Å². The van der Waals surface area contributed by atoms with E-state index < -0.39 is 28.6 Å². The highest BCUT2D eigenvalue weighted by Gasteiger charge is 2.33. The number of benzene rings is 2. The SMILES string of the molecule is CCN(CCN(C)C(=O)C(=O)Nc1ccc(N)c(O)c1)c1ccc(Cl)c(C(F)(F)F)c1. The van der Waals surface area contributed by atoms with E-state index in [9.17, 15) is 27.9 Å². The summed E-state index contributed by atoms with van der Waals surface area (Å²) in [5.74, 6) is -2.02. The molecule has 2 aromatic rings. The number of amides is 2. The van der Waals surface area contributed by atoms with Gasteiger partial charge in [0.2, 0.25) is 0 Å². The topological polar surface area (TPSA) is 98.9 Å². The van der Waals surface area contributed by atoms with E-state index in [-0.39, 0.29) is 30.2 Å². The maximum Gasteiger partial charge on any atom is 0.417 e. The Kier molecular flexibility index (Phi) is 7.61. The molecule has 4 N–H and O–H groups in total. The van der Waals surface area contributed by atoms with Crippen LogP contribution in [0.25, 0.3) is 0 Å². The molecule has 11 heteroatoms. The molecule has 0 unspecified atom stereocenters. The van der Waals surface area contributed by atoms with Crippen LogP contribution < -0.4 is 16.0 Å². The zero-order chi connectivity index (χ0) is 23.3. The molecule has 7 nitrogen and oxygen atoms in total. The highest BCUT2D eigenvalue weighted by atomic mass is 35.5. The summed E-state index contributed by atoms with van der Waals surface area (Å²) in [5.41, 5.74) is 5.15. The quantitative estimate of drug-likeness (QED) is 0.349. The number of carbonyl (C=O) groups excluding carboxylic acids is 2. The number of nitrogen functional groups attached to an aromatic ring is 1. The van der Waals surface area contributed by atoms with Crippen LogP contribution in [-0.2, 0) is 15.8 Å². The Hall–Kier alpha value is -3.14. The second-order valence-electron chi connectivity index (χ2n) is 6.70. The van der Waals surface area contributed by atoms with Crippen LogP contribution in [-0.4, -0.2) is 48.5 Å². The smallest absolute Gasteiger partial charge is 0.417 e. The average molecular weight is 459 g/mol. The van der Waals surface area contributed by atoms with Crippen molar-refractivity contribution in [3.05, 3.63) is 47.0 Å².